The van der Waals surface area contributed by atoms with Crippen LogP contribution in [-0.2, 0) is 7.05 Å². The second-order valence-corrected chi connectivity index (χ2v) is 5.79. The summed E-state index contributed by atoms with van der Waals surface area (Å²) in [6, 6.07) is 11.6. The molecule has 4 aromatic rings. The van der Waals surface area contributed by atoms with Crippen molar-refractivity contribution in [3.05, 3.63) is 64.3 Å². The van der Waals surface area contributed by atoms with Crippen molar-refractivity contribution in [3.63, 3.8) is 0 Å². The molecular formula is C17H13ClN4O. The third kappa shape index (κ3) is 2.35. The van der Waals surface area contributed by atoms with Gasteiger partial charge < -0.3 is 9.97 Å². The van der Waals surface area contributed by atoms with Crippen LogP contribution >= 0.6 is 11.6 Å². The Kier molecular flexibility index (Phi) is 3.09. The van der Waals surface area contributed by atoms with Crippen molar-refractivity contribution < 1.29 is 0 Å². The number of benzene rings is 2. The molecule has 0 unspecified atom stereocenters. The Hall–Kier alpha value is -2.79. The molecule has 0 atom stereocenters. The molecule has 0 aliphatic carbocycles. The Morgan fingerprint density at radius 2 is 1.78 bits per heavy atom. The molecule has 23 heavy (non-hydrogen) atoms. The van der Waals surface area contributed by atoms with E-state index in [1.54, 1.807) is 10.9 Å². The molecule has 0 saturated carbocycles. The molecule has 0 aliphatic heterocycles. The summed E-state index contributed by atoms with van der Waals surface area (Å²) < 4.78 is 1.74. The predicted octanol–water partition coefficient (Wildman–Crippen LogP) is 3.58. The highest BCUT2D eigenvalue weighted by Gasteiger charge is 2.12. The molecule has 0 aliphatic rings. The zero-order valence-corrected chi connectivity index (χ0v) is 13.1. The van der Waals surface area contributed by atoms with E-state index < -0.39 is 0 Å². The Labute approximate surface area is 136 Å². The van der Waals surface area contributed by atoms with Gasteiger partial charge in [0.15, 0.2) is 0 Å². The molecule has 114 valence electrons. The lowest BCUT2D eigenvalue weighted by Crippen LogP contribution is -1.99. The van der Waals surface area contributed by atoms with Crippen molar-refractivity contribution >= 4 is 22.6 Å². The molecular weight excluding hydrogens is 312 g/mol. The van der Waals surface area contributed by atoms with Gasteiger partial charge in [0.2, 0.25) is 0 Å². The monoisotopic (exact) mass is 324 g/mol. The van der Waals surface area contributed by atoms with Crippen LogP contribution in [0.25, 0.3) is 33.3 Å². The number of nitrogens with one attached hydrogen (secondary N) is 2. The molecule has 0 radical (unpaired) electrons. The van der Waals surface area contributed by atoms with Crippen molar-refractivity contribution in [2.24, 2.45) is 7.05 Å². The lowest BCUT2D eigenvalue weighted by molar-refractivity contribution is 0.768. The van der Waals surface area contributed by atoms with Gasteiger partial charge >= 0.3 is 5.69 Å². The van der Waals surface area contributed by atoms with E-state index in [1.165, 1.54) is 0 Å². The first kappa shape index (κ1) is 13.8. The summed E-state index contributed by atoms with van der Waals surface area (Å²) in [6.07, 6.45) is 3.72. The normalized spacial score (nSPS) is 11.2. The number of fused-ring (bicyclic) bond motifs is 1. The van der Waals surface area contributed by atoms with E-state index in [9.17, 15) is 4.79 Å². The second-order valence-electron chi connectivity index (χ2n) is 5.41. The van der Waals surface area contributed by atoms with Gasteiger partial charge in [-0.1, -0.05) is 35.9 Å². The van der Waals surface area contributed by atoms with E-state index in [0.717, 1.165) is 33.3 Å². The SMILES string of the molecule is Cn1cc(-c2cccc(-c3ccc4[nH]c(=O)[nH]c4c3)c2Cl)cn1. The number of hydrogen-bond donors (Lipinski definition) is 2. The van der Waals surface area contributed by atoms with Crippen molar-refractivity contribution in [2.75, 3.05) is 0 Å². The molecule has 2 heterocycles. The van der Waals surface area contributed by atoms with Crippen molar-refractivity contribution in [3.8, 4) is 22.3 Å². The van der Waals surface area contributed by atoms with E-state index >= 15 is 0 Å². The first-order valence-corrected chi connectivity index (χ1v) is 7.49. The van der Waals surface area contributed by atoms with E-state index in [4.69, 9.17) is 11.6 Å². The third-order valence-electron chi connectivity index (χ3n) is 3.84. The van der Waals surface area contributed by atoms with Crippen LogP contribution in [0, 0.1) is 0 Å². The van der Waals surface area contributed by atoms with E-state index in [2.05, 4.69) is 15.1 Å². The van der Waals surface area contributed by atoms with Crippen LogP contribution in [0.1, 0.15) is 0 Å². The number of imidazole rings is 1. The summed E-state index contributed by atoms with van der Waals surface area (Å²) in [5.41, 5.74) is 5.08. The Bertz CT molecular complexity index is 1070. The van der Waals surface area contributed by atoms with Gasteiger partial charge in [-0.2, -0.15) is 5.10 Å². The van der Waals surface area contributed by atoms with Gasteiger partial charge in [-0.05, 0) is 17.7 Å². The van der Waals surface area contributed by atoms with Crippen molar-refractivity contribution in [1.29, 1.82) is 0 Å². The predicted molar refractivity (Wildman–Crippen MR) is 91.6 cm³/mol. The van der Waals surface area contributed by atoms with Gasteiger partial charge in [-0.25, -0.2) is 4.79 Å². The summed E-state index contributed by atoms with van der Waals surface area (Å²) in [7, 11) is 1.87. The fraction of sp³-hybridized carbons (Fsp3) is 0.0588. The van der Waals surface area contributed by atoms with Gasteiger partial charge in [-0.15, -0.1) is 0 Å². The highest BCUT2D eigenvalue weighted by Crippen LogP contribution is 2.36. The fourth-order valence-corrected chi connectivity index (χ4v) is 3.08. The standard InChI is InChI=1S/C17H13ClN4O/c1-22-9-11(8-19-22)13-4-2-3-12(16(13)18)10-5-6-14-15(7-10)21-17(23)20-14/h2-9H,1H3,(H2,20,21,23). The molecule has 5 nitrogen and oxygen atoms in total. The van der Waals surface area contributed by atoms with Gasteiger partial charge in [0, 0.05) is 29.9 Å². The number of aryl methyl sites for hydroxylation is 1. The molecule has 0 spiro atoms. The molecule has 4 rings (SSSR count). The maximum atomic E-state index is 11.4. The second kappa shape index (κ2) is 5.14. The molecule has 2 N–H and O–H groups in total. The van der Waals surface area contributed by atoms with Crippen LogP contribution in [0.15, 0.2) is 53.6 Å². The maximum absolute atomic E-state index is 11.4. The molecule has 2 aromatic heterocycles. The topological polar surface area (TPSA) is 66.5 Å². The minimum Gasteiger partial charge on any atom is -0.306 e. The first-order chi connectivity index (χ1) is 11.1. The van der Waals surface area contributed by atoms with E-state index in [-0.39, 0.29) is 5.69 Å². The minimum atomic E-state index is -0.215. The summed E-state index contributed by atoms with van der Waals surface area (Å²) >= 11 is 6.63. The molecule has 6 heteroatoms. The van der Waals surface area contributed by atoms with Crippen LogP contribution in [0.3, 0.4) is 0 Å². The van der Waals surface area contributed by atoms with Crippen LogP contribution in [0.2, 0.25) is 5.02 Å². The molecule has 0 amide bonds. The quantitative estimate of drug-likeness (QED) is 0.592. The van der Waals surface area contributed by atoms with Crippen LogP contribution in [0.4, 0.5) is 0 Å². The number of rotatable bonds is 2. The minimum absolute atomic E-state index is 0.215. The highest BCUT2D eigenvalue weighted by molar-refractivity contribution is 6.36. The van der Waals surface area contributed by atoms with Gasteiger partial charge in [-0.3, -0.25) is 4.68 Å². The van der Waals surface area contributed by atoms with Gasteiger partial charge in [0.25, 0.3) is 0 Å². The summed E-state index contributed by atoms with van der Waals surface area (Å²) in [4.78, 5) is 16.9. The average Bonchev–Trinajstić information content (AvgIpc) is 3.11. The largest absolute Gasteiger partial charge is 0.323 e. The smallest absolute Gasteiger partial charge is 0.306 e. The lowest BCUT2D eigenvalue weighted by atomic mass is 10.00. The number of aromatic amines is 2. The maximum Gasteiger partial charge on any atom is 0.323 e. The van der Waals surface area contributed by atoms with Crippen molar-refractivity contribution in [2.45, 2.75) is 0 Å². The fourth-order valence-electron chi connectivity index (χ4n) is 2.74. The van der Waals surface area contributed by atoms with Crippen LogP contribution < -0.4 is 5.69 Å². The number of nitrogens with zero attached hydrogens (tertiary/aromatic N) is 2. The zero-order valence-electron chi connectivity index (χ0n) is 12.3. The molecule has 0 bridgehead atoms. The number of hydrogen-bond acceptors (Lipinski definition) is 2. The average molecular weight is 325 g/mol. The van der Waals surface area contributed by atoms with Crippen LogP contribution in [-0.4, -0.2) is 19.7 Å². The summed E-state index contributed by atoms with van der Waals surface area (Å²) in [5, 5.41) is 4.86. The summed E-state index contributed by atoms with van der Waals surface area (Å²) in [5.74, 6) is 0. The first-order valence-electron chi connectivity index (χ1n) is 7.12. The third-order valence-corrected chi connectivity index (χ3v) is 4.25. The lowest BCUT2D eigenvalue weighted by Gasteiger charge is -2.09. The molecule has 2 aromatic carbocycles. The zero-order chi connectivity index (χ0) is 16.0. The summed E-state index contributed by atoms with van der Waals surface area (Å²) in [6.45, 7) is 0. The van der Waals surface area contributed by atoms with Crippen molar-refractivity contribution in [1.82, 2.24) is 19.7 Å². The van der Waals surface area contributed by atoms with E-state index in [0.29, 0.717) is 5.02 Å². The highest BCUT2D eigenvalue weighted by atomic mass is 35.5. The Balaban J connectivity index is 1.89. The molecule has 0 fully saturated rings. The number of aromatic nitrogens is 4. The number of H-pyrrole nitrogens is 2. The van der Waals surface area contributed by atoms with Gasteiger partial charge in [0.05, 0.1) is 22.3 Å². The Morgan fingerprint density at radius 3 is 2.52 bits per heavy atom. The van der Waals surface area contributed by atoms with E-state index in [1.807, 2.05) is 49.6 Å². The Morgan fingerprint density at radius 1 is 1.04 bits per heavy atom. The number of halogens is 1. The molecule has 0 saturated heterocycles. The van der Waals surface area contributed by atoms with Gasteiger partial charge in [0.1, 0.15) is 0 Å². The van der Waals surface area contributed by atoms with Crippen LogP contribution in [0.5, 0.6) is 0 Å².